The Labute approximate surface area is 172 Å². The number of ether oxygens (including phenoxy) is 1. The van der Waals surface area contributed by atoms with Crippen molar-refractivity contribution >= 4 is 34.2 Å². The van der Waals surface area contributed by atoms with Crippen molar-refractivity contribution < 1.29 is 14.3 Å². The molecule has 0 saturated heterocycles. The Kier molecular flexibility index (Phi) is 5.42. The highest BCUT2D eigenvalue weighted by Gasteiger charge is 2.41. The van der Waals surface area contributed by atoms with Crippen molar-refractivity contribution in [3.63, 3.8) is 0 Å². The highest BCUT2D eigenvalue weighted by atomic mass is 32.2. The Balaban J connectivity index is 1.80. The summed E-state index contributed by atoms with van der Waals surface area (Å²) in [6, 6.07) is 12.3. The molecule has 3 heterocycles. The van der Waals surface area contributed by atoms with Crippen LogP contribution in [-0.2, 0) is 20.7 Å². The van der Waals surface area contributed by atoms with Crippen molar-refractivity contribution in [2.24, 2.45) is 0 Å². The van der Waals surface area contributed by atoms with E-state index in [1.165, 1.54) is 22.2 Å². The van der Waals surface area contributed by atoms with Gasteiger partial charge in [0.1, 0.15) is 0 Å². The third-order valence-electron chi connectivity index (χ3n) is 5.01. The second-order valence-electron chi connectivity index (χ2n) is 6.75. The molecule has 2 aliphatic rings. The Hall–Kier alpha value is -2.31. The van der Waals surface area contributed by atoms with Crippen LogP contribution in [0.1, 0.15) is 35.8 Å². The number of allylic oxidation sites excluding steroid dienone is 1. The molecule has 0 fully saturated rings. The van der Waals surface area contributed by atoms with Gasteiger partial charge in [-0.25, -0.2) is 4.79 Å². The van der Waals surface area contributed by atoms with Gasteiger partial charge in [0.05, 0.1) is 18.1 Å². The predicted octanol–water partition coefficient (Wildman–Crippen LogP) is 4.39. The molecule has 0 aliphatic carbocycles. The summed E-state index contributed by atoms with van der Waals surface area (Å²) in [6.45, 7) is 3.99. The van der Waals surface area contributed by atoms with Gasteiger partial charge >= 0.3 is 5.97 Å². The van der Waals surface area contributed by atoms with Gasteiger partial charge in [0.25, 0.3) is 0 Å². The Morgan fingerprint density at radius 3 is 2.79 bits per heavy atom. The Bertz CT molecular complexity index is 988. The maximum atomic E-state index is 12.8. The Morgan fingerprint density at radius 1 is 1.25 bits per heavy atom. The molecule has 1 atom stereocenters. The lowest BCUT2D eigenvalue weighted by atomic mass is 9.80. The molecule has 144 valence electrons. The van der Waals surface area contributed by atoms with E-state index < -0.39 is 0 Å². The lowest BCUT2D eigenvalue weighted by Crippen LogP contribution is -2.30. The zero-order chi connectivity index (χ0) is 19.7. The number of rotatable bonds is 5. The number of dihydropyridines is 1. The first-order valence-corrected chi connectivity index (χ1v) is 11.1. The van der Waals surface area contributed by atoms with Crippen molar-refractivity contribution in [3.05, 3.63) is 80.3 Å². The first-order valence-electron chi connectivity index (χ1n) is 9.25. The Morgan fingerprint density at radius 2 is 2.04 bits per heavy atom. The molecule has 0 spiro atoms. The molecule has 0 saturated carbocycles. The quantitative estimate of drug-likeness (QED) is 0.740. The average molecular weight is 412 g/mol. The molecule has 4 rings (SSSR count). The predicted molar refractivity (Wildman–Crippen MR) is 113 cm³/mol. The lowest BCUT2D eigenvalue weighted by molar-refractivity contribution is -0.138. The summed E-state index contributed by atoms with van der Waals surface area (Å²) in [5, 5.41) is 5.36. The molecule has 0 bridgehead atoms. The fourth-order valence-corrected chi connectivity index (χ4v) is 5.64. The number of nitrogens with one attached hydrogen (secondary N) is 1. The lowest BCUT2D eigenvalue weighted by Gasteiger charge is -2.28. The third-order valence-corrected chi connectivity index (χ3v) is 6.86. The summed E-state index contributed by atoms with van der Waals surface area (Å²) >= 11 is 2.96. The SMILES string of the molecule is CCOC(=O)C1=C(C)NC2=C(C(=O)SC2)C1c1ccsc1Cc1ccccc1. The molecule has 1 aromatic carbocycles. The summed E-state index contributed by atoms with van der Waals surface area (Å²) in [4.78, 5) is 26.7. The van der Waals surface area contributed by atoms with Gasteiger partial charge in [-0.15, -0.1) is 11.3 Å². The van der Waals surface area contributed by atoms with E-state index in [4.69, 9.17) is 4.74 Å². The maximum Gasteiger partial charge on any atom is 0.336 e. The van der Waals surface area contributed by atoms with E-state index in [0.29, 0.717) is 23.5 Å². The van der Waals surface area contributed by atoms with E-state index in [1.807, 2.05) is 36.6 Å². The average Bonchev–Trinajstić information content (AvgIpc) is 3.28. The summed E-state index contributed by atoms with van der Waals surface area (Å²) in [6.07, 6.45) is 0.775. The number of thiophene rings is 1. The highest BCUT2D eigenvalue weighted by Crippen LogP contribution is 2.46. The second kappa shape index (κ2) is 7.97. The molecule has 28 heavy (non-hydrogen) atoms. The third kappa shape index (κ3) is 3.42. The molecular weight excluding hydrogens is 390 g/mol. The molecule has 0 amide bonds. The minimum Gasteiger partial charge on any atom is -0.463 e. The van der Waals surface area contributed by atoms with E-state index in [9.17, 15) is 9.59 Å². The number of carbonyl (C=O) groups is 2. The topological polar surface area (TPSA) is 55.4 Å². The maximum absolute atomic E-state index is 12.8. The number of hydrogen-bond acceptors (Lipinski definition) is 6. The second-order valence-corrected chi connectivity index (χ2v) is 8.70. The first kappa shape index (κ1) is 19.0. The van der Waals surface area contributed by atoms with Gasteiger partial charge in [-0.1, -0.05) is 42.1 Å². The fourth-order valence-electron chi connectivity index (χ4n) is 3.79. The largest absolute Gasteiger partial charge is 0.463 e. The van der Waals surface area contributed by atoms with E-state index >= 15 is 0 Å². The van der Waals surface area contributed by atoms with Crippen LogP contribution in [0.5, 0.6) is 0 Å². The van der Waals surface area contributed by atoms with Crippen molar-refractivity contribution in [2.45, 2.75) is 26.2 Å². The van der Waals surface area contributed by atoms with Crippen LogP contribution in [-0.4, -0.2) is 23.4 Å². The summed E-state index contributed by atoms with van der Waals surface area (Å²) < 4.78 is 5.35. The van der Waals surface area contributed by atoms with Crippen LogP contribution < -0.4 is 5.32 Å². The fraction of sp³-hybridized carbons (Fsp3) is 0.273. The van der Waals surface area contributed by atoms with Gasteiger partial charge in [-0.2, -0.15) is 0 Å². The number of hydrogen-bond donors (Lipinski definition) is 1. The summed E-state index contributed by atoms with van der Waals surface area (Å²) in [7, 11) is 0. The van der Waals surface area contributed by atoms with Gasteiger partial charge in [0, 0.05) is 34.0 Å². The molecule has 4 nitrogen and oxygen atoms in total. The monoisotopic (exact) mass is 411 g/mol. The normalized spacial score (nSPS) is 18.9. The van der Waals surface area contributed by atoms with Crippen LogP contribution >= 0.6 is 23.1 Å². The van der Waals surface area contributed by atoms with Crippen LogP contribution in [0.3, 0.4) is 0 Å². The minimum absolute atomic E-state index is 0.0404. The van der Waals surface area contributed by atoms with Gasteiger partial charge < -0.3 is 10.1 Å². The van der Waals surface area contributed by atoms with Crippen molar-refractivity contribution in [1.82, 2.24) is 5.32 Å². The van der Waals surface area contributed by atoms with Crippen molar-refractivity contribution in [2.75, 3.05) is 12.4 Å². The van der Waals surface area contributed by atoms with Crippen LogP contribution in [0.4, 0.5) is 0 Å². The van der Waals surface area contributed by atoms with Crippen molar-refractivity contribution in [1.29, 1.82) is 0 Å². The number of thioether (sulfide) groups is 1. The van der Waals surface area contributed by atoms with E-state index in [1.54, 1.807) is 18.3 Å². The van der Waals surface area contributed by atoms with E-state index in [2.05, 4.69) is 17.4 Å². The number of benzene rings is 1. The zero-order valence-electron chi connectivity index (χ0n) is 15.8. The molecule has 2 aromatic rings. The van der Waals surface area contributed by atoms with Gasteiger partial charge in [-0.3, -0.25) is 4.79 Å². The molecule has 2 aliphatic heterocycles. The molecular formula is C22H21NO3S2. The molecule has 1 aromatic heterocycles. The van der Waals surface area contributed by atoms with Crippen LogP contribution in [0.15, 0.2) is 64.3 Å². The van der Waals surface area contributed by atoms with Crippen LogP contribution in [0.25, 0.3) is 0 Å². The van der Waals surface area contributed by atoms with E-state index in [-0.39, 0.29) is 17.0 Å². The zero-order valence-corrected chi connectivity index (χ0v) is 17.4. The van der Waals surface area contributed by atoms with Crippen LogP contribution in [0.2, 0.25) is 0 Å². The molecule has 6 heteroatoms. The molecule has 1 N–H and O–H groups in total. The minimum atomic E-state index is -0.372. The standard InChI is InChI=1S/C22H21NO3S2/c1-3-26-21(24)18-13(2)23-16-12-28-22(25)20(16)19(18)15-9-10-27-17(15)11-14-7-5-4-6-8-14/h4-10,19,23H,3,11-12H2,1-2H3. The number of esters is 1. The van der Waals surface area contributed by atoms with Gasteiger partial charge in [0.15, 0.2) is 0 Å². The van der Waals surface area contributed by atoms with Crippen LogP contribution in [0, 0.1) is 0 Å². The van der Waals surface area contributed by atoms with Gasteiger partial charge in [-0.05, 0) is 36.4 Å². The summed E-state index contributed by atoms with van der Waals surface area (Å²) in [5.41, 5.74) is 5.17. The number of carbonyl (C=O) groups excluding carboxylic acids is 2. The van der Waals surface area contributed by atoms with Gasteiger partial charge in [0.2, 0.25) is 5.12 Å². The molecule has 0 radical (unpaired) electrons. The van der Waals surface area contributed by atoms with Crippen molar-refractivity contribution in [3.8, 4) is 0 Å². The highest BCUT2D eigenvalue weighted by molar-refractivity contribution is 8.14. The smallest absolute Gasteiger partial charge is 0.336 e. The van der Waals surface area contributed by atoms with E-state index in [0.717, 1.165) is 23.4 Å². The molecule has 1 unspecified atom stereocenters. The summed E-state index contributed by atoms with van der Waals surface area (Å²) in [5.74, 6) is -0.107. The first-order chi connectivity index (χ1) is 13.6.